The van der Waals surface area contributed by atoms with Crippen molar-refractivity contribution in [2.24, 2.45) is 0 Å². The van der Waals surface area contributed by atoms with Gasteiger partial charge in [0.15, 0.2) is 0 Å². The molecule has 0 atom stereocenters. The molecule has 1 aliphatic heterocycles. The number of carbonyl (C=O) groups excluding carboxylic acids is 2. The van der Waals surface area contributed by atoms with Crippen molar-refractivity contribution >= 4 is 23.3 Å². The van der Waals surface area contributed by atoms with Crippen LogP contribution in [0.25, 0.3) is 0 Å². The Kier molecular flexibility index (Phi) is 5.96. The molecule has 2 fully saturated rings. The number of methoxy groups -OCH3 is 1. The van der Waals surface area contributed by atoms with Crippen molar-refractivity contribution in [1.29, 1.82) is 0 Å². The molecular weight excluding hydrogens is 338 g/mol. The van der Waals surface area contributed by atoms with Crippen molar-refractivity contribution < 1.29 is 14.3 Å². The van der Waals surface area contributed by atoms with E-state index < -0.39 is 0 Å². The Labute approximate surface area is 153 Å². The molecule has 138 valence electrons. The molecule has 2 aliphatic rings. The molecule has 0 unspecified atom stereocenters. The van der Waals surface area contributed by atoms with E-state index in [1.807, 2.05) is 6.07 Å². The van der Waals surface area contributed by atoms with E-state index in [1.54, 1.807) is 16.2 Å². The van der Waals surface area contributed by atoms with Crippen LogP contribution in [0, 0.1) is 0 Å². The van der Waals surface area contributed by atoms with Gasteiger partial charge in [0.25, 0.3) is 0 Å². The lowest BCUT2D eigenvalue weighted by Crippen LogP contribution is -2.51. The smallest absolute Gasteiger partial charge is 0.409 e. The standard InChI is InChI=1S/C18H27N3O3S/c1-24-17(23)21-12-10-20(11-13-21)9-8-19-16(22)18(6-2-3-7-18)15-5-4-14-25-15/h4-5,14H,2-3,6-13H2,1H3,(H,19,22). The molecule has 2 amide bonds. The second-order valence-electron chi connectivity index (χ2n) is 6.82. The molecule has 0 spiro atoms. The van der Waals surface area contributed by atoms with E-state index in [-0.39, 0.29) is 17.4 Å². The number of amides is 2. The maximum atomic E-state index is 12.9. The first-order valence-electron chi connectivity index (χ1n) is 9.03. The minimum atomic E-state index is -0.308. The first-order valence-corrected chi connectivity index (χ1v) is 9.91. The van der Waals surface area contributed by atoms with Gasteiger partial charge in [-0.15, -0.1) is 11.3 Å². The van der Waals surface area contributed by atoms with Crippen LogP contribution in [-0.2, 0) is 14.9 Å². The van der Waals surface area contributed by atoms with Crippen LogP contribution in [0.3, 0.4) is 0 Å². The molecule has 7 heteroatoms. The lowest BCUT2D eigenvalue weighted by molar-refractivity contribution is -0.126. The van der Waals surface area contributed by atoms with Crippen LogP contribution in [0.1, 0.15) is 30.6 Å². The number of nitrogens with zero attached hydrogens (tertiary/aromatic N) is 2. The molecule has 1 saturated carbocycles. The zero-order valence-electron chi connectivity index (χ0n) is 14.8. The van der Waals surface area contributed by atoms with E-state index in [0.29, 0.717) is 19.6 Å². The van der Waals surface area contributed by atoms with E-state index in [2.05, 4.69) is 21.7 Å². The number of hydrogen-bond acceptors (Lipinski definition) is 5. The van der Waals surface area contributed by atoms with Crippen molar-refractivity contribution in [3.05, 3.63) is 22.4 Å². The van der Waals surface area contributed by atoms with Crippen LogP contribution >= 0.6 is 11.3 Å². The summed E-state index contributed by atoms with van der Waals surface area (Å²) in [6.45, 7) is 4.48. The molecule has 25 heavy (non-hydrogen) atoms. The van der Waals surface area contributed by atoms with E-state index in [4.69, 9.17) is 4.74 Å². The lowest BCUT2D eigenvalue weighted by atomic mass is 9.83. The zero-order valence-corrected chi connectivity index (χ0v) is 15.6. The van der Waals surface area contributed by atoms with Crippen LogP contribution in [0.5, 0.6) is 0 Å². The summed E-state index contributed by atoms with van der Waals surface area (Å²) in [6, 6.07) is 4.13. The summed E-state index contributed by atoms with van der Waals surface area (Å²) in [7, 11) is 1.41. The number of piperazine rings is 1. The summed E-state index contributed by atoms with van der Waals surface area (Å²) < 4.78 is 4.75. The highest BCUT2D eigenvalue weighted by molar-refractivity contribution is 7.10. The number of carbonyl (C=O) groups is 2. The molecular formula is C18H27N3O3S. The van der Waals surface area contributed by atoms with Crippen LogP contribution < -0.4 is 5.32 Å². The second-order valence-corrected chi connectivity index (χ2v) is 7.77. The van der Waals surface area contributed by atoms with Gasteiger partial charge >= 0.3 is 6.09 Å². The fraction of sp³-hybridized carbons (Fsp3) is 0.667. The number of ether oxygens (including phenoxy) is 1. The minimum Gasteiger partial charge on any atom is -0.453 e. The Balaban J connectivity index is 1.46. The predicted molar refractivity (Wildman–Crippen MR) is 97.9 cm³/mol. The molecule has 1 aromatic rings. The van der Waals surface area contributed by atoms with Gasteiger partial charge in [-0.05, 0) is 24.3 Å². The Bertz CT molecular complexity index is 576. The maximum absolute atomic E-state index is 12.9. The Morgan fingerprint density at radius 3 is 2.56 bits per heavy atom. The molecule has 1 aromatic heterocycles. The van der Waals surface area contributed by atoms with Gasteiger partial charge < -0.3 is 15.0 Å². The summed E-state index contributed by atoms with van der Waals surface area (Å²) in [4.78, 5) is 29.6. The Morgan fingerprint density at radius 1 is 1.24 bits per heavy atom. The van der Waals surface area contributed by atoms with Gasteiger partial charge in [-0.1, -0.05) is 18.9 Å². The van der Waals surface area contributed by atoms with Gasteiger partial charge in [0.1, 0.15) is 0 Å². The van der Waals surface area contributed by atoms with Crippen molar-refractivity contribution in [3.63, 3.8) is 0 Å². The van der Waals surface area contributed by atoms with Crippen molar-refractivity contribution in [2.75, 3.05) is 46.4 Å². The third-order valence-electron chi connectivity index (χ3n) is 5.40. The van der Waals surface area contributed by atoms with Crippen molar-refractivity contribution in [1.82, 2.24) is 15.1 Å². The number of thiophene rings is 1. The highest BCUT2D eigenvalue weighted by Crippen LogP contribution is 2.43. The third kappa shape index (κ3) is 3.98. The van der Waals surface area contributed by atoms with Crippen LogP contribution in [0.15, 0.2) is 17.5 Å². The van der Waals surface area contributed by atoms with Gasteiger partial charge in [0.2, 0.25) is 5.91 Å². The van der Waals surface area contributed by atoms with Gasteiger partial charge in [0, 0.05) is 44.1 Å². The summed E-state index contributed by atoms with van der Waals surface area (Å²) in [6.07, 6.45) is 3.91. The SMILES string of the molecule is COC(=O)N1CCN(CCNC(=O)C2(c3cccs3)CCCC2)CC1. The largest absolute Gasteiger partial charge is 0.453 e. The molecule has 1 aliphatic carbocycles. The summed E-state index contributed by atoms with van der Waals surface area (Å²) >= 11 is 1.69. The summed E-state index contributed by atoms with van der Waals surface area (Å²) in [5, 5.41) is 5.23. The topological polar surface area (TPSA) is 61.9 Å². The highest BCUT2D eigenvalue weighted by atomic mass is 32.1. The van der Waals surface area contributed by atoms with E-state index in [1.165, 1.54) is 12.0 Å². The summed E-state index contributed by atoms with van der Waals surface area (Å²) in [5.74, 6) is 0.181. The average molecular weight is 365 g/mol. The van der Waals surface area contributed by atoms with Crippen molar-refractivity contribution in [3.8, 4) is 0 Å². The van der Waals surface area contributed by atoms with Crippen LogP contribution in [0.2, 0.25) is 0 Å². The fourth-order valence-corrected chi connectivity index (χ4v) is 4.88. The Hall–Kier alpha value is -1.60. The minimum absolute atomic E-state index is 0.181. The zero-order chi connectivity index (χ0) is 17.7. The molecule has 1 N–H and O–H groups in total. The normalized spacial score (nSPS) is 20.4. The monoisotopic (exact) mass is 365 g/mol. The molecule has 3 rings (SSSR count). The molecule has 0 bridgehead atoms. The van der Waals surface area contributed by atoms with Gasteiger partial charge in [-0.3, -0.25) is 9.69 Å². The maximum Gasteiger partial charge on any atom is 0.409 e. The van der Waals surface area contributed by atoms with Gasteiger partial charge in [-0.25, -0.2) is 4.79 Å². The fourth-order valence-electron chi connectivity index (χ4n) is 3.89. The van der Waals surface area contributed by atoms with E-state index >= 15 is 0 Å². The first-order chi connectivity index (χ1) is 12.2. The number of rotatable bonds is 5. The molecule has 6 nitrogen and oxygen atoms in total. The van der Waals surface area contributed by atoms with Crippen LogP contribution in [0.4, 0.5) is 4.79 Å². The average Bonchev–Trinajstić information content (AvgIpc) is 3.33. The molecule has 0 aromatic carbocycles. The van der Waals surface area contributed by atoms with Crippen LogP contribution in [-0.4, -0.2) is 68.2 Å². The second kappa shape index (κ2) is 8.19. The third-order valence-corrected chi connectivity index (χ3v) is 6.48. The number of hydrogen-bond donors (Lipinski definition) is 1. The molecule has 1 saturated heterocycles. The molecule has 2 heterocycles. The highest BCUT2D eigenvalue weighted by Gasteiger charge is 2.43. The molecule has 0 radical (unpaired) electrons. The summed E-state index contributed by atoms with van der Waals surface area (Å²) in [5.41, 5.74) is -0.308. The van der Waals surface area contributed by atoms with E-state index in [9.17, 15) is 9.59 Å². The predicted octanol–water partition coefficient (Wildman–Crippen LogP) is 2.06. The van der Waals surface area contributed by atoms with Gasteiger partial charge in [0.05, 0.1) is 12.5 Å². The quantitative estimate of drug-likeness (QED) is 0.868. The number of nitrogens with one attached hydrogen (secondary N) is 1. The Morgan fingerprint density at radius 2 is 1.96 bits per heavy atom. The van der Waals surface area contributed by atoms with Gasteiger partial charge in [-0.2, -0.15) is 0 Å². The van der Waals surface area contributed by atoms with Crippen molar-refractivity contribution in [2.45, 2.75) is 31.1 Å². The van der Waals surface area contributed by atoms with E-state index in [0.717, 1.165) is 45.3 Å². The first kappa shape index (κ1) is 18.2. The lowest BCUT2D eigenvalue weighted by Gasteiger charge is -2.34.